The fourth-order valence-corrected chi connectivity index (χ4v) is 9.56. The van der Waals surface area contributed by atoms with E-state index in [1.165, 1.54) is 75.0 Å². The Morgan fingerprint density at radius 1 is 0.382 bits per heavy atom. The molecular weight excluding hydrogens is 685 g/mol. The zero-order valence-corrected chi connectivity index (χ0v) is 30.7. The normalized spacial score (nSPS) is 11.6. The number of fused-ring (bicyclic) bond motifs is 8. The van der Waals surface area contributed by atoms with E-state index < -0.39 is 0 Å². The van der Waals surface area contributed by atoms with Gasteiger partial charge in [-0.3, -0.25) is 0 Å². The lowest BCUT2D eigenvalue weighted by Gasteiger charge is -2.28. The number of aromatic nitrogens is 1. The van der Waals surface area contributed by atoms with Gasteiger partial charge in [0.25, 0.3) is 0 Å². The first-order chi connectivity index (χ1) is 27.3. The van der Waals surface area contributed by atoms with Crippen molar-refractivity contribution in [1.29, 1.82) is 0 Å². The highest BCUT2D eigenvalue weighted by Crippen LogP contribution is 2.44. The van der Waals surface area contributed by atoms with Gasteiger partial charge < -0.3 is 9.47 Å². The van der Waals surface area contributed by atoms with Crippen LogP contribution in [0.15, 0.2) is 206 Å². The number of hydrogen-bond donors (Lipinski definition) is 0. The van der Waals surface area contributed by atoms with E-state index in [2.05, 4.69) is 216 Å². The number of anilines is 3. The molecule has 0 radical (unpaired) electrons. The van der Waals surface area contributed by atoms with Gasteiger partial charge in [-0.2, -0.15) is 0 Å². The summed E-state index contributed by atoms with van der Waals surface area (Å²) in [5.41, 5.74) is 11.7. The van der Waals surface area contributed by atoms with Gasteiger partial charge in [-0.15, -0.1) is 11.3 Å². The Bertz CT molecular complexity index is 3190. The van der Waals surface area contributed by atoms with Gasteiger partial charge in [-0.05, 0) is 76.7 Å². The molecule has 0 aliphatic rings. The maximum atomic E-state index is 2.44. The van der Waals surface area contributed by atoms with Crippen molar-refractivity contribution in [2.24, 2.45) is 0 Å². The van der Waals surface area contributed by atoms with E-state index in [9.17, 15) is 0 Å². The van der Waals surface area contributed by atoms with E-state index in [4.69, 9.17) is 0 Å². The van der Waals surface area contributed by atoms with Gasteiger partial charge in [0, 0.05) is 59.0 Å². The lowest BCUT2D eigenvalue weighted by Crippen LogP contribution is -2.11. The maximum absolute atomic E-state index is 2.44. The smallest absolute Gasteiger partial charge is 0.0619 e. The Kier molecular flexibility index (Phi) is 7.39. The van der Waals surface area contributed by atoms with Crippen LogP contribution in [0.5, 0.6) is 0 Å². The van der Waals surface area contributed by atoms with Crippen LogP contribution < -0.4 is 4.90 Å². The van der Waals surface area contributed by atoms with E-state index in [0.717, 1.165) is 22.7 Å². The molecule has 0 unspecified atom stereocenters. The van der Waals surface area contributed by atoms with E-state index in [1.54, 1.807) is 0 Å². The van der Waals surface area contributed by atoms with E-state index in [0.29, 0.717) is 0 Å². The van der Waals surface area contributed by atoms with Crippen LogP contribution >= 0.6 is 11.3 Å². The molecule has 55 heavy (non-hydrogen) atoms. The van der Waals surface area contributed by atoms with Gasteiger partial charge >= 0.3 is 0 Å². The summed E-state index contributed by atoms with van der Waals surface area (Å²) in [7, 11) is 0. The highest BCUT2D eigenvalue weighted by atomic mass is 32.1. The van der Waals surface area contributed by atoms with Crippen LogP contribution in [0.3, 0.4) is 0 Å². The molecule has 0 amide bonds. The van der Waals surface area contributed by atoms with Crippen LogP contribution in [-0.4, -0.2) is 4.57 Å². The molecule has 0 aliphatic heterocycles. The molecule has 0 N–H and O–H groups in total. The minimum Gasteiger partial charge on any atom is -0.310 e. The summed E-state index contributed by atoms with van der Waals surface area (Å²) < 4.78 is 5.04. The first-order valence-corrected chi connectivity index (χ1v) is 19.6. The molecule has 2 heterocycles. The largest absolute Gasteiger partial charge is 0.310 e. The summed E-state index contributed by atoms with van der Waals surface area (Å²) in [5, 5.41) is 7.64. The third-order valence-electron chi connectivity index (χ3n) is 11.0. The van der Waals surface area contributed by atoms with Gasteiger partial charge in [-0.1, -0.05) is 152 Å². The van der Waals surface area contributed by atoms with Crippen molar-refractivity contribution in [3.05, 3.63) is 206 Å². The van der Waals surface area contributed by atoms with Crippen molar-refractivity contribution in [2.45, 2.75) is 0 Å². The second kappa shape index (κ2) is 12.9. The third-order valence-corrected chi connectivity index (χ3v) is 12.1. The van der Waals surface area contributed by atoms with Crippen LogP contribution in [0, 0.1) is 0 Å². The van der Waals surface area contributed by atoms with Crippen molar-refractivity contribution in [3.63, 3.8) is 0 Å². The molecule has 2 aromatic heterocycles. The number of benzene rings is 9. The van der Waals surface area contributed by atoms with E-state index in [-0.39, 0.29) is 0 Å². The lowest BCUT2D eigenvalue weighted by molar-refractivity contribution is 1.19. The Morgan fingerprint density at radius 3 is 1.87 bits per heavy atom. The number of para-hydroxylation sites is 2. The summed E-state index contributed by atoms with van der Waals surface area (Å²) >= 11 is 1.86. The molecule has 2 nitrogen and oxygen atoms in total. The standard InChI is InChI=1S/C52H34N2S/c1-3-13-36(14-4-1)42-18-9-11-21-48(42)53(41-29-32-46-45-20-10-12-22-50(45)55-51(46)34-41)40-27-23-35(24-28-40)38-26-30-44-47-31-25-37-15-7-8-19-43(37)52(47)54(49(44)33-38)39-16-5-2-6-17-39/h1-34H. The average Bonchev–Trinajstić information content (AvgIpc) is 3.80. The van der Waals surface area contributed by atoms with Crippen LogP contribution in [0.25, 0.3) is 80.7 Å². The molecule has 0 bridgehead atoms. The Morgan fingerprint density at radius 2 is 1.02 bits per heavy atom. The van der Waals surface area contributed by atoms with E-state index >= 15 is 0 Å². The fraction of sp³-hybridized carbons (Fsp3) is 0. The molecule has 0 saturated heterocycles. The first kappa shape index (κ1) is 31.6. The van der Waals surface area contributed by atoms with Gasteiger partial charge in [0.2, 0.25) is 0 Å². The zero-order chi connectivity index (χ0) is 36.3. The van der Waals surface area contributed by atoms with Crippen LogP contribution in [0.1, 0.15) is 0 Å². The van der Waals surface area contributed by atoms with E-state index in [1.807, 2.05) is 11.3 Å². The van der Waals surface area contributed by atoms with Gasteiger partial charge in [0.05, 0.1) is 16.7 Å². The molecule has 3 heteroatoms. The molecule has 0 aliphatic carbocycles. The third kappa shape index (κ3) is 5.24. The molecular formula is C52H34N2S. The van der Waals surface area contributed by atoms with Gasteiger partial charge in [0.15, 0.2) is 0 Å². The predicted octanol–water partition coefficient (Wildman–Crippen LogP) is 15.1. The highest BCUT2D eigenvalue weighted by Gasteiger charge is 2.20. The summed E-state index contributed by atoms with van der Waals surface area (Å²) in [6.45, 7) is 0. The van der Waals surface area contributed by atoms with Crippen molar-refractivity contribution in [1.82, 2.24) is 4.57 Å². The Hall–Kier alpha value is -6.94. The summed E-state index contributed by atoms with van der Waals surface area (Å²) in [6.07, 6.45) is 0. The molecule has 0 fully saturated rings. The molecule has 11 rings (SSSR count). The lowest BCUT2D eigenvalue weighted by atomic mass is 10.00. The summed E-state index contributed by atoms with van der Waals surface area (Å²) in [4.78, 5) is 2.41. The fourth-order valence-electron chi connectivity index (χ4n) is 8.42. The number of rotatable bonds is 6. The minimum absolute atomic E-state index is 1.11. The Balaban J connectivity index is 1.07. The van der Waals surface area contributed by atoms with Crippen molar-refractivity contribution in [2.75, 3.05) is 4.90 Å². The topological polar surface area (TPSA) is 8.17 Å². The zero-order valence-electron chi connectivity index (χ0n) is 29.9. The van der Waals surface area contributed by atoms with Gasteiger partial charge in [-0.25, -0.2) is 0 Å². The number of thiophene rings is 1. The monoisotopic (exact) mass is 718 g/mol. The van der Waals surface area contributed by atoms with Crippen molar-refractivity contribution < 1.29 is 0 Å². The van der Waals surface area contributed by atoms with Crippen LogP contribution in [0.2, 0.25) is 0 Å². The SMILES string of the molecule is c1ccc(-c2ccccc2N(c2ccc(-c3ccc4c5ccc6ccccc6c5n(-c5ccccc5)c4c3)cc2)c2ccc3c(c2)sc2ccccc23)cc1. The van der Waals surface area contributed by atoms with Crippen molar-refractivity contribution in [3.8, 4) is 27.9 Å². The Labute approximate surface area is 323 Å². The van der Waals surface area contributed by atoms with Crippen LogP contribution in [0.4, 0.5) is 17.1 Å². The van der Waals surface area contributed by atoms with Crippen LogP contribution in [-0.2, 0) is 0 Å². The second-order valence-electron chi connectivity index (χ2n) is 14.1. The minimum atomic E-state index is 1.11. The molecule has 0 atom stereocenters. The average molecular weight is 719 g/mol. The van der Waals surface area contributed by atoms with Gasteiger partial charge in [0.1, 0.15) is 0 Å². The van der Waals surface area contributed by atoms with Crippen molar-refractivity contribution >= 4 is 81.1 Å². The quantitative estimate of drug-likeness (QED) is 0.166. The second-order valence-corrected chi connectivity index (χ2v) is 15.2. The predicted molar refractivity (Wildman–Crippen MR) is 237 cm³/mol. The number of hydrogen-bond acceptors (Lipinski definition) is 2. The molecule has 9 aromatic carbocycles. The maximum Gasteiger partial charge on any atom is 0.0619 e. The first-order valence-electron chi connectivity index (χ1n) is 18.8. The summed E-state index contributed by atoms with van der Waals surface area (Å²) in [6, 6.07) is 75.1. The molecule has 258 valence electrons. The highest BCUT2D eigenvalue weighted by molar-refractivity contribution is 7.25. The molecule has 0 spiro atoms. The summed E-state index contributed by atoms with van der Waals surface area (Å²) in [5.74, 6) is 0. The molecule has 11 aromatic rings. The molecule has 0 saturated carbocycles. The number of nitrogens with zero attached hydrogens (tertiary/aromatic N) is 2.